The van der Waals surface area contributed by atoms with Gasteiger partial charge in [-0.15, -0.1) is 23.3 Å². The number of aliphatic hydroxyl groups is 1. The Kier molecular flexibility index (Phi) is 11.3. The first-order valence-electron chi connectivity index (χ1n) is 15.6. The molecule has 231 valence electrons. The Morgan fingerprint density at radius 3 is 2.21 bits per heavy atom. The van der Waals surface area contributed by atoms with Gasteiger partial charge in [0, 0.05) is 38.0 Å². The van der Waals surface area contributed by atoms with E-state index in [9.17, 15) is 9.90 Å². The Morgan fingerprint density at radius 2 is 1.60 bits per heavy atom. The molecular formula is C37H47IrN2O2Si-. The molecule has 0 fully saturated rings. The molecule has 1 heterocycles. The first-order valence-corrected chi connectivity index (χ1v) is 19.1. The van der Waals surface area contributed by atoms with Gasteiger partial charge in [-0.2, -0.15) is 0 Å². The Hall–Kier alpha value is -2.66. The van der Waals surface area contributed by atoms with Gasteiger partial charge in [-0.05, 0) is 53.8 Å². The van der Waals surface area contributed by atoms with Crippen molar-refractivity contribution in [1.82, 2.24) is 9.97 Å². The van der Waals surface area contributed by atoms with Gasteiger partial charge in [0.25, 0.3) is 0 Å². The van der Waals surface area contributed by atoms with Crippen molar-refractivity contribution < 1.29 is 30.0 Å². The smallest absolute Gasteiger partial charge is 0.162 e. The van der Waals surface area contributed by atoms with E-state index in [1.807, 2.05) is 27.7 Å². The summed E-state index contributed by atoms with van der Waals surface area (Å²) in [5.41, 5.74) is 5.77. The zero-order valence-electron chi connectivity index (χ0n) is 27.3. The molecule has 0 aliphatic heterocycles. The molecule has 43 heavy (non-hydrogen) atoms. The van der Waals surface area contributed by atoms with Crippen LogP contribution in [0.1, 0.15) is 78.4 Å². The van der Waals surface area contributed by atoms with Crippen LogP contribution in [0.4, 0.5) is 0 Å². The molecule has 0 bridgehead atoms. The molecule has 0 unspecified atom stereocenters. The summed E-state index contributed by atoms with van der Waals surface area (Å²) >= 11 is 0. The zero-order chi connectivity index (χ0) is 30.8. The van der Waals surface area contributed by atoms with Crippen LogP contribution in [0.3, 0.4) is 0 Å². The molecule has 1 aliphatic carbocycles. The van der Waals surface area contributed by atoms with Crippen molar-refractivity contribution in [2.24, 2.45) is 11.8 Å². The predicted molar refractivity (Wildman–Crippen MR) is 180 cm³/mol. The van der Waals surface area contributed by atoms with E-state index in [0.29, 0.717) is 0 Å². The third kappa shape index (κ3) is 6.87. The van der Waals surface area contributed by atoms with E-state index in [-0.39, 0.29) is 48.9 Å². The second-order valence-electron chi connectivity index (χ2n) is 13.1. The Labute approximate surface area is 272 Å². The summed E-state index contributed by atoms with van der Waals surface area (Å²) in [6, 6.07) is 19.0. The van der Waals surface area contributed by atoms with E-state index in [2.05, 4.69) is 87.0 Å². The number of rotatable bonds is 8. The summed E-state index contributed by atoms with van der Waals surface area (Å²) in [4.78, 5) is 21.1. The zero-order valence-corrected chi connectivity index (χ0v) is 30.7. The topological polar surface area (TPSA) is 63.1 Å². The molecule has 0 saturated heterocycles. The summed E-state index contributed by atoms with van der Waals surface area (Å²) < 4.78 is 0. The van der Waals surface area contributed by atoms with Gasteiger partial charge in [-0.1, -0.05) is 107 Å². The third-order valence-corrected chi connectivity index (χ3v) is 11.1. The standard InChI is InChI=1S/C24H23N2Si.C13H24O2.Ir/c1-24(2)19-12-16(27(3,4)5)13-20-21(19)23(26-14-25-20)18-11-10-15-8-6-7-9-17(15)22(18)24;1-5-10(6-2)12(14)9-13(15)11(7-3)8-4;/h6-10,12-14H,1-5H3;9-11,14H,5-8H2,1-4H3;/q-1;;/b;12-9-;. The molecule has 6 heteroatoms. The average Bonchev–Trinajstić information content (AvgIpc) is 2.96. The minimum atomic E-state index is -1.47. The maximum atomic E-state index is 11.7. The van der Waals surface area contributed by atoms with Gasteiger partial charge in [0.15, 0.2) is 5.78 Å². The molecule has 5 rings (SSSR count). The normalized spacial score (nSPS) is 13.9. The van der Waals surface area contributed by atoms with Crippen molar-refractivity contribution in [1.29, 1.82) is 0 Å². The third-order valence-electron chi connectivity index (χ3n) is 9.07. The number of ketones is 1. The number of aliphatic hydroxyl groups excluding tert-OH is 1. The first kappa shape index (κ1) is 34.8. The number of allylic oxidation sites excluding steroid dienone is 2. The van der Waals surface area contributed by atoms with Gasteiger partial charge in [0.1, 0.15) is 6.33 Å². The summed E-state index contributed by atoms with van der Waals surface area (Å²) in [5.74, 6) is 0.547. The largest absolute Gasteiger partial charge is 0.512 e. The Bertz CT molecular complexity index is 1630. The van der Waals surface area contributed by atoms with Crippen LogP contribution < -0.4 is 5.19 Å². The van der Waals surface area contributed by atoms with E-state index >= 15 is 0 Å². The Morgan fingerprint density at radius 1 is 0.977 bits per heavy atom. The molecule has 4 aromatic rings. The van der Waals surface area contributed by atoms with Gasteiger partial charge in [-0.3, -0.25) is 9.78 Å². The minimum absolute atomic E-state index is 0. The van der Waals surface area contributed by atoms with Crippen molar-refractivity contribution in [2.45, 2.75) is 92.3 Å². The number of hydrogen-bond donors (Lipinski definition) is 1. The van der Waals surface area contributed by atoms with Crippen molar-refractivity contribution in [2.75, 3.05) is 0 Å². The monoisotopic (exact) mass is 772 g/mol. The van der Waals surface area contributed by atoms with Crippen molar-refractivity contribution in [3.63, 3.8) is 0 Å². The van der Waals surface area contributed by atoms with Gasteiger partial charge < -0.3 is 5.11 Å². The van der Waals surface area contributed by atoms with E-state index in [4.69, 9.17) is 4.98 Å². The first-order chi connectivity index (χ1) is 19.9. The molecule has 1 aromatic heterocycles. The molecule has 0 amide bonds. The molecule has 0 saturated carbocycles. The van der Waals surface area contributed by atoms with Gasteiger partial charge in [-0.25, -0.2) is 4.98 Å². The minimum Gasteiger partial charge on any atom is -0.512 e. The fraction of sp³-hybridized carbons (Fsp3) is 0.432. The fourth-order valence-corrected chi connectivity index (χ4v) is 7.41. The van der Waals surface area contributed by atoms with Crippen LogP contribution in [-0.2, 0) is 30.3 Å². The van der Waals surface area contributed by atoms with Crippen molar-refractivity contribution in [3.8, 4) is 11.3 Å². The number of carbonyl (C=O) groups excluding carboxylic acids is 1. The second kappa shape index (κ2) is 14.0. The SMILES string of the molecule is CC1(C)c2c([c-]cc3ccccc23)-c2ncnc3cc([Si](C)(C)C)cc1c23.CCC(CC)C(=O)/C=C(\O)C(CC)CC.[Ir]. The summed E-state index contributed by atoms with van der Waals surface area (Å²) in [6.45, 7) is 19.9. The quantitative estimate of drug-likeness (QED) is 0.0840. The summed E-state index contributed by atoms with van der Waals surface area (Å²) in [6.07, 6.45) is 6.62. The number of nitrogens with zero attached hydrogens (tertiary/aromatic N) is 2. The number of fused-ring (bicyclic) bond motifs is 4. The maximum absolute atomic E-state index is 11.7. The number of carbonyl (C=O) groups is 1. The molecule has 1 aliphatic rings. The van der Waals surface area contributed by atoms with Crippen molar-refractivity contribution in [3.05, 3.63) is 77.8 Å². The molecule has 0 spiro atoms. The van der Waals surface area contributed by atoms with Gasteiger partial charge in [0.2, 0.25) is 0 Å². The summed E-state index contributed by atoms with van der Waals surface area (Å²) in [7, 11) is -1.47. The number of hydrogen-bond acceptors (Lipinski definition) is 4. The summed E-state index contributed by atoms with van der Waals surface area (Å²) in [5, 5.41) is 14.9. The molecule has 3 aromatic carbocycles. The van der Waals surface area contributed by atoms with Crippen LogP contribution in [0.2, 0.25) is 19.6 Å². The van der Waals surface area contributed by atoms with Crippen molar-refractivity contribution >= 4 is 40.7 Å². The van der Waals surface area contributed by atoms with Crippen LogP contribution in [-0.4, -0.2) is 28.9 Å². The van der Waals surface area contributed by atoms with Gasteiger partial charge >= 0.3 is 0 Å². The van der Waals surface area contributed by atoms with E-state index < -0.39 is 8.07 Å². The van der Waals surface area contributed by atoms with Crippen LogP contribution in [0.15, 0.2) is 60.6 Å². The maximum Gasteiger partial charge on any atom is 0.162 e. The van der Waals surface area contributed by atoms with Crippen LogP contribution in [0, 0.1) is 17.9 Å². The second-order valence-corrected chi connectivity index (χ2v) is 18.2. The number of benzene rings is 3. The predicted octanol–water partition coefficient (Wildman–Crippen LogP) is 9.30. The van der Waals surface area contributed by atoms with E-state index in [1.54, 1.807) is 6.33 Å². The van der Waals surface area contributed by atoms with Gasteiger partial charge in [0.05, 0.1) is 19.3 Å². The molecule has 4 nitrogen and oxygen atoms in total. The van der Waals surface area contributed by atoms with Crippen LogP contribution >= 0.6 is 0 Å². The molecular weight excluding hydrogens is 725 g/mol. The van der Waals surface area contributed by atoms with E-state index in [0.717, 1.165) is 42.5 Å². The molecule has 1 N–H and O–H groups in total. The van der Waals surface area contributed by atoms with Crippen LogP contribution in [0.5, 0.6) is 0 Å². The number of aromatic nitrogens is 2. The van der Waals surface area contributed by atoms with Crippen LogP contribution in [0.25, 0.3) is 32.9 Å². The fourth-order valence-electron chi connectivity index (χ4n) is 6.26. The average molecular weight is 772 g/mol. The Balaban J connectivity index is 0.000000274. The molecule has 1 radical (unpaired) electrons. The molecule has 0 atom stereocenters. The van der Waals surface area contributed by atoms with E-state index in [1.165, 1.54) is 38.5 Å².